The van der Waals surface area contributed by atoms with Gasteiger partial charge in [-0.05, 0) is 55.0 Å². The first-order valence-corrected chi connectivity index (χ1v) is 9.94. The lowest BCUT2D eigenvalue weighted by atomic mass is 9.78. The number of rotatable bonds is 3. The number of nitrogens with one attached hydrogen (secondary N) is 2. The molecule has 0 bridgehead atoms. The topological polar surface area (TPSA) is 78.5 Å². The molecule has 7 heteroatoms. The van der Waals surface area contributed by atoms with E-state index in [1.165, 1.54) is 5.56 Å². The van der Waals surface area contributed by atoms with Gasteiger partial charge < -0.3 is 10.6 Å². The molecular weight excluding hydrogens is 390 g/mol. The van der Waals surface area contributed by atoms with Crippen molar-refractivity contribution in [1.82, 2.24) is 10.2 Å². The molecule has 1 aliphatic heterocycles. The zero-order valence-corrected chi connectivity index (χ0v) is 17.1. The lowest BCUT2D eigenvalue weighted by molar-refractivity contribution is -0.134. The van der Waals surface area contributed by atoms with Gasteiger partial charge in [0.15, 0.2) is 0 Å². The van der Waals surface area contributed by atoms with E-state index in [1.807, 2.05) is 44.2 Å². The molecule has 2 aliphatic rings. The number of carbonyl (C=O) groups is 3. The minimum atomic E-state index is -0.969. The van der Waals surface area contributed by atoms with Gasteiger partial charge in [0.25, 0.3) is 5.91 Å². The van der Waals surface area contributed by atoms with Crippen molar-refractivity contribution in [2.75, 3.05) is 11.9 Å². The van der Waals surface area contributed by atoms with Gasteiger partial charge in [-0.15, -0.1) is 0 Å². The molecule has 2 N–H and O–H groups in total. The third-order valence-corrected chi connectivity index (χ3v) is 5.97. The summed E-state index contributed by atoms with van der Waals surface area (Å²) in [6.07, 6.45) is 1.67. The maximum atomic E-state index is 13.1. The largest absolute Gasteiger partial charge is 0.325 e. The SMILES string of the molecule is Cc1cc(C)c(NC(=O)CN2C(=O)NC3(CCc4ccccc4C3)C2=O)c(Cl)c1. The van der Waals surface area contributed by atoms with Crippen LogP contribution in [0, 0.1) is 13.8 Å². The second-order valence-corrected chi connectivity index (χ2v) is 8.24. The van der Waals surface area contributed by atoms with E-state index in [9.17, 15) is 14.4 Å². The number of hydrogen-bond acceptors (Lipinski definition) is 3. The van der Waals surface area contributed by atoms with Crippen LogP contribution >= 0.6 is 11.6 Å². The maximum Gasteiger partial charge on any atom is 0.325 e. The van der Waals surface area contributed by atoms with E-state index in [-0.39, 0.29) is 12.5 Å². The summed E-state index contributed by atoms with van der Waals surface area (Å²) in [5.41, 5.74) is 3.58. The fourth-order valence-corrected chi connectivity index (χ4v) is 4.61. The standard InChI is InChI=1S/C22H22ClN3O3/c1-13-9-14(2)19(17(23)10-13)24-18(27)12-26-20(28)22(25-21(26)29)8-7-15-5-3-4-6-16(15)11-22/h3-6,9-10H,7-8,11-12H2,1-2H3,(H,24,27)(H,25,29). The number of nitrogens with zero attached hydrogens (tertiary/aromatic N) is 1. The van der Waals surface area contributed by atoms with Gasteiger partial charge in [0, 0.05) is 6.42 Å². The third kappa shape index (κ3) is 3.49. The zero-order chi connectivity index (χ0) is 20.8. The van der Waals surface area contributed by atoms with Gasteiger partial charge in [-0.2, -0.15) is 0 Å². The molecule has 1 fully saturated rings. The highest BCUT2D eigenvalue weighted by atomic mass is 35.5. The highest BCUT2D eigenvalue weighted by Crippen LogP contribution is 2.33. The number of fused-ring (bicyclic) bond motifs is 1. The Labute approximate surface area is 174 Å². The van der Waals surface area contributed by atoms with Crippen LogP contribution in [-0.4, -0.2) is 34.8 Å². The Morgan fingerprint density at radius 3 is 2.66 bits per heavy atom. The molecule has 1 saturated heterocycles. The van der Waals surface area contributed by atoms with E-state index in [2.05, 4.69) is 10.6 Å². The van der Waals surface area contributed by atoms with Crippen molar-refractivity contribution in [3.8, 4) is 0 Å². The minimum Gasteiger partial charge on any atom is -0.323 e. The van der Waals surface area contributed by atoms with E-state index >= 15 is 0 Å². The van der Waals surface area contributed by atoms with Crippen molar-refractivity contribution in [3.63, 3.8) is 0 Å². The first-order chi connectivity index (χ1) is 13.8. The zero-order valence-electron chi connectivity index (χ0n) is 16.3. The molecule has 6 nitrogen and oxygen atoms in total. The normalized spacial score (nSPS) is 20.6. The molecule has 1 spiro atoms. The average molecular weight is 412 g/mol. The Balaban J connectivity index is 1.50. The number of carbonyl (C=O) groups excluding carboxylic acids is 3. The van der Waals surface area contributed by atoms with Gasteiger partial charge in [0.1, 0.15) is 12.1 Å². The van der Waals surface area contributed by atoms with Crippen LogP contribution in [0.3, 0.4) is 0 Å². The lowest BCUT2D eigenvalue weighted by Gasteiger charge is -2.32. The van der Waals surface area contributed by atoms with Crippen LogP contribution in [0.25, 0.3) is 0 Å². The number of benzene rings is 2. The quantitative estimate of drug-likeness (QED) is 0.760. The number of imide groups is 1. The molecular formula is C22H22ClN3O3. The molecule has 1 aliphatic carbocycles. The number of anilines is 1. The van der Waals surface area contributed by atoms with Gasteiger partial charge in [0.2, 0.25) is 5.91 Å². The summed E-state index contributed by atoms with van der Waals surface area (Å²) in [5, 5.41) is 6.00. The summed E-state index contributed by atoms with van der Waals surface area (Å²) in [7, 11) is 0. The van der Waals surface area contributed by atoms with Crippen LogP contribution < -0.4 is 10.6 Å². The molecule has 0 radical (unpaired) electrons. The minimum absolute atomic E-state index is 0.348. The second kappa shape index (κ2) is 7.19. The van der Waals surface area contributed by atoms with Crippen LogP contribution in [-0.2, 0) is 22.4 Å². The van der Waals surface area contributed by atoms with E-state index in [1.54, 1.807) is 6.07 Å². The molecule has 1 atom stereocenters. The maximum absolute atomic E-state index is 13.1. The molecule has 1 heterocycles. The third-order valence-electron chi connectivity index (χ3n) is 5.68. The molecule has 2 aromatic carbocycles. The van der Waals surface area contributed by atoms with Gasteiger partial charge in [0.05, 0.1) is 10.7 Å². The summed E-state index contributed by atoms with van der Waals surface area (Å²) in [5.74, 6) is -0.811. The van der Waals surface area contributed by atoms with E-state index in [4.69, 9.17) is 11.6 Å². The van der Waals surface area contributed by atoms with Crippen LogP contribution in [0.15, 0.2) is 36.4 Å². The summed E-state index contributed by atoms with van der Waals surface area (Å²) in [6, 6.07) is 11.1. The van der Waals surface area contributed by atoms with Crippen LogP contribution in [0.5, 0.6) is 0 Å². The Morgan fingerprint density at radius 2 is 1.93 bits per heavy atom. The highest BCUT2D eigenvalue weighted by Gasteiger charge is 2.52. The number of hydrogen-bond donors (Lipinski definition) is 2. The molecule has 150 valence electrons. The Morgan fingerprint density at radius 1 is 1.21 bits per heavy atom. The second-order valence-electron chi connectivity index (χ2n) is 7.84. The summed E-state index contributed by atoms with van der Waals surface area (Å²) < 4.78 is 0. The van der Waals surface area contributed by atoms with Gasteiger partial charge in [-0.1, -0.05) is 41.9 Å². The van der Waals surface area contributed by atoms with Gasteiger partial charge in [-0.3, -0.25) is 14.5 Å². The van der Waals surface area contributed by atoms with Crippen LogP contribution in [0.2, 0.25) is 5.02 Å². The lowest BCUT2D eigenvalue weighted by Crippen LogP contribution is -2.51. The molecule has 4 rings (SSSR count). The first kappa shape index (κ1) is 19.5. The first-order valence-electron chi connectivity index (χ1n) is 9.56. The molecule has 0 saturated carbocycles. The summed E-state index contributed by atoms with van der Waals surface area (Å²) in [4.78, 5) is 39.2. The molecule has 0 aromatic heterocycles. The highest BCUT2D eigenvalue weighted by molar-refractivity contribution is 6.34. The van der Waals surface area contributed by atoms with Gasteiger partial charge >= 0.3 is 6.03 Å². The fraction of sp³-hybridized carbons (Fsp3) is 0.318. The Hall–Kier alpha value is -2.86. The number of urea groups is 1. The number of aryl methyl sites for hydroxylation is 3. The Kier molecular flexibility index (Phi) is 4.82. The van der Waals surface area contributed by atoms with Crippen molar-refractivity contribution in [3.05, 3.63) is 63.7 Å². The van der Waals surface area contributed by atoms with E-state index in [0.29, 0.717) is 30.0 Å². The van der Waals surface area contributed by atoms with Gasteiger partial charge in [-0.25, -0.2) is 4.79 Å². The Bertz CT molecular complexity index is 1010. The summed E-state index contributed by atoms with van der Waals surface area (Å²) in [6.45, 7) is 3.41. The smallest absolute Gasteiger partial charge is 0.323 e. The molecule has 4 amide bonds. The van der Waals surface area contributed by atoms with Crippen molar-refractivity contribution >= 4 is 35.1 Å². The van der Waals surface area contributed by atoms with Crippen LogP contribution in [0.1, 0.15) is 28.7 Å². The van der Waals surface area contributed by atoms with Crippen molar-refractivity contribution in [1.29, 1.82) is 0 Å². The molecule has 29 heavy (non-hydrogen) atoms. The number of halogens is 1. The van der Waals surface area contributed by atoms with Crippen molar-refractivity contribution in [2.24, 2.45) is 0 Å². The van der Waals surface area contributed by atoms with Crippen molar-refractivity contribution < 1.29 is 14.4 Å². The van der Waals surface area contributed by atoms with E-state index < -0.39 is 17.5 Å². The molecule has 2 aromatic rings. The van der Waals surface area contributed by atoms with E-state index in [0.717, 1.165) is 21.6 Å². The average Bonchev–Trinajstić information content (AvgIpc) is 2.88. The van der Waals surface area contributed by atoms with Crippen molar-refractivity contribution in [2.45, 2.75) is 38.6 Å². The predicted octanol–water partition coefficient (Wildman–Crippen LogP) is 3.37. The summed E-state index contributed by atoms with van der Waals surface area (Å²) >= 11 is 6.24. The number of amides is 4. The monoisotopic (exact) mass is 411 g/mol. The fourth-order valence-electron chi connectivity index (χ4n) is 4.24. The predicted molar refractivity (Wildman–Crippen MR) is 111 cm³/mol. The molecule has 1 unspecified atom stereocenters. The van der Waals surface area contributed by atoms with Crippen LogP contribution in [0.4, 0.5) is 10.5 Å².